The molecule has 3 nitrogen and oxygen atoms in total. The molecule has 2 aliphatic heterocycles. The van der Waals surface area contributed by atoms with E-state index in [1.807, 2.05) is 0 Å². The van der Waals surface area contributed by atoms with Gasteiger partial charge in [0, 0.05) is 24.1 Å². The molecular weight excluding hydrogens is 320 g/mol. The number of aryl methyl sites for hydroxylation is 2. The molecule has 0 spiro atoms. The van der Waals surface area contributed by atoms with Gasteiger partial charge in [0.2, 0.25) is 5.91 Å². The van der Waals surface area contributed by atoms with Gasteiger partial charge in [0.15, 0.2) is 0 Å². The molecule has 4 rings (SSSR count). The molecule has 0 radical (unpaired) electrons. The monoisotopic (exact) mass is 346 g/mol. The molecule has 1 amide bonds. The summed E-state index contributed by atoms with van der Waals surface area (Å²) < 4.78 is 0. The van der Waals surface area contributed by atoms with Crippen LogP contribution in [0.25, 0.3) is 6.08 Å². The molecule has 2 heterocycles. The van der Waals surface area contributed by atoms with Crippen molar-refractivity contribution in [2.24, 2.45) is 0 Å². The third kappa shape index (κ3) is 2.30. The van der Waals surface area contributed by atoms with Crippen molar-refractivity contribution < 1.29 is 4.79 Å². The first-order valence-electron chi connectivity index (χ1n) is 9.30. The van der Waals surface area contributed by atoms with E-state index in [2.05, 4.69) is 92.5 Å². The lowest BCUT2D eigenvalue weighted by Gasteiger charge is -2.49. The fourth-order valence-electron chi connectivity index (χ4n) is 4.45. The first kappa shape index (κ1) is 16.9. The van der Waals surface area contributed by atoms with Crippen molar-refractivity contribution in [3.8, 4) is 0 Å². The number of anilines is 1. The van der Waals surface area contributed by atoms with E-state index in [9.17, 15) is 4.79 Å². The number of nitrogens with one attached hydrogen (secondary N) is 1. The highest BCUT2D eigenvalue weighted by Crippen LogP contribution is 2.52. The summed E-state index contributed by atoms with van der Waals surface area (Å²) in [6.07, 6.45) is 4.89. The Morgan fingerprint density at radius 2 is 1.88 bits per heavy atom. The number of nitrogens with zero attached hydrogens (tertiary/aromatic N) is 1. The number of amides is 1. The van der Waals surface area contributed by atoms with Gasteiger partial charge in [-0.1, -0.05) is 61.9 Å². The van der Waals surface area contributed by atoms with E-state index in [1.54, 1.807) is 0 Å². The SMILES string of the molecule is Cc1ccc2c(c1)C(C)(C)C1(C=Cc3ccccc3C)NC(=O)CCN21. The fourth-order valence-corrected chi connectivity index (χ4v) is 4.45. The largest absolute Gasteiger partial charge is 0.344 e. The lowest BCUT2D eigenvalue weighted by atomic mass is 9.74. The molecule has 1 unspecified atom stereocenters. The van der Waals surface area contributed by atoms with Crippen LogP contribution in [-0.2, 0) is 10.2 Å². The molecule has 0 aromatic heterocycles. The summed E-state index contributed by atoms with van der Waals surface area (Å²) in [6.45, 7) is 9.45. The van der Waals surface area contributed by atoms with Gasteiger partial charge in [-0.25, -0.2) is 0 Å². The number of fused-ring (bicyclic) bond motifs is 3. The van der Waals surface area contributed by atoms with Gasteiger partial charge in [-0.05, 0) is 42.7 Å². The van der Waals surface area contributed by atoms with Gasteiger partial charge in [0.1, 0.15) is 5.66 Å². The van der Waals surface area contributed by atoms with Crippen LogP contribution < -0.4 is 10.2 Å². The predicted octanol–water partition coefficient (Wildman–Crippen LogP) is 4.33. The zero-order valence-electron chi connectivity index (χ0n) is 16.0. The molecule has 1 fully saturated rings. The van der Waals surface area contributed by atoms with Crippen molar-refractivity contribution in [2.45, 2.75) is 45.2 Å². The van der Waals surface area contributed by atoms with Crippen LogP contribution in [-0.4, -0.2) is 18.1 Å². The number of rotatable bonds is 2. The number of hydrogen-bond acceptors (Lipinski definition) is 2. The van der Waals surface area contributed by atoms with Crippen LogP contribution in [0, 0.1) is 13.8 Å². The maximum Gasteiger partial charge on any atom is 0.223 e. The minimum absolute atomic E-state index is 0.119. The van der Waals surface area contributed by atoms with E-state index in [4.69, 9.17) is 0 Å². The topological polar surface area (TPSA) is 32.3 Å². The smallest absolute Gasteiger partial charge is 0.223 e. The molecule has 0 aliphatic carbocycles. The molecule has 1 N–H and O–H groups in total. The van der Waals surface area contributed by atoms with Crippen molar-refractivity contribution in [1.82, 2.24) is 5.32 Å². The fraction of sp³-hybridized carbons (Fsp3) is 0.348. The predicted molar refractivity (Wildman–Crippen MR) is 107 cm³/mol. The second-order valence-corrected chi connectivity index (χ2v) is 8.05. The quantitative estimate of drug-likeness (QED) is 0.878. The lowest BCUT2D eigenvalue weighted by Crippen LogP contribution is -2.68. The van der Waals surface area contributed by atoms with Gasteiger partial charge in [-0.2, -0.15) is 0 Å². The molecule has 134 valence electrons. The summed E-state index contributed by atoms with van der Waals surface area (Å²) in [5.41, 5.74) is 5.43. The van der Waals surface area contributed by atoms with Crippen molar-refractivity contribution in [1.29, 1.82) is 0 Å². The second-order valence-electron chi connectivity index (χ2n) is 8.05. The summed E-state index contributed by atoms with van der Waals surface area (Å²) in [6, 6.07) is 15.0. The highest BCUT2D eigenvalue weighted by atomic mass is 16.2. The Balaban J connectivity index is 1.88. The zero-order valence-corrected chi connectivity index (χ0v) is 16.0. The van der Waals surface area contributed by atoms with Crippen LogP contribution in [0.3, 0.4) is 0 Å². The van der Waals surface area contributed by atoms with Crippen molar-refractivity contribution in [3.05, 3.63) is 70.8 Å². The standard InChI is InChI=1S/C23H26N2O/c1-16-9-10-20-19(15-16)22(3,4)23(24-21(26)12-14-25(20)23)13-11-18-8-6-5-7-17(18)2/h5-11,13,15H,12,14H2,1-4H3,(H,24,26). The summed E-state index contributed by atoms with van der Waals surface area (Å²) in [5.74, 6) is 0.119. The Kier molecular flexibility index (Phi) is 3.72. The summed E-state index contributed by atoms with van der Waals surface area (Å²) >= 11 is 0. The highest BCUT2D eigenvalue weighted by molar-refractivity contribution is 5.84. The summed E-state index contributed by atoms with van der Waals surface area (Å²) in [5, 5.41) is 3.34. The van der Waals surface area contributed by atoms with E-state index < -0.39 is 5.66 Å². The van der Waals surface area contributed by atoms with Crippen LogP contribution >= 0.6 is 0 Å². The van der Waals surface area contributed by atoms with Crippen molar-refractivity contribution >= 4 is 17.7 Å². The molecular formula is C23H26N2O. The normalized spacial score (nSPS) is 23.7. The van der Waals surface area contributed by atoms with E-state index >= 15 is 0 Å². The van der Waals surface area contributed by atoms with E-state index in [-0.39, 0.29) is 11.3 Å². The third-order valence-corrected chi connectivity index (χ3v) is 6.08. The van der Waals surface area contributed by atoms with Gasteiger partial charge in [-0.3, -0.25) is 4.79 Å². The Labute approximate surface area is 155 Å². The Hall–Kier alpha value is -2.55. The van der Waals surface area contributed by atoms with Gasteiger partial charge in [-0.15, -0.1) is 0 Å². The molecule has 1 saturated heterocycles. The minimum Gasteiger partial charge on any atom is -0.344 e. The first-order valence-corrected chi connectivity index (χ1v) is 9.30. The first-order chi connectivity index (χ1) is 12.3. The highest BCUT2D eigenvalue weighted by Gasteiger charge is 2.57. The molecule has 0 saturated carbocycles. The molecule has 2 aliphatic rings. The zero-order chi connectivity index (χ0) is 18.5. The van der Waals surface area contributed by atoms with Crippen molar-refractivity contribution in [2.75, 3.05) is 11.4 Å². The van der Waals surface area contributed by atoms with Crippen LogP contribution in [0.4, 0.5) is 5.69 Å². The lowest BCUT2D eigenvalue weighted by molar-refractivity contribution is -0.124. The van der Waals surface area contributed by atoms with Crippen LogP contribution in [0.15, 0.2) is 48.5 Å². The molecule has 26 heavy (non-hydrogen) atoms. The molecule has 3 heteroatoms. The Morgan fingerprint density at radius 1 is 1.12 bits per heavy atom. The third-order valence-electron chi connectivity index (χ3n) is 6.08. The van der Waals surface area contributed by atoms with Crippen LogP contribution in [0.5, 0.6) is 0 Å². The number of benzene rings is 2. The second kappa shape index (κ2) is 5.73. The minimum atomic E-state index is -0.541. The maximum atomic E-state index is 12.4. The molecule has 2 aromatic rings. The molecule has 1 atom stereocenters. The average Bonchev–Trinajstić information content (AvgIpc) is 2.79. The summed E-state index contributed by atoms with van der Waals surface area (Å²) in [4.78, 5) is 14.8. The van der Waals surface area contributed by atoms with E-state index in [0.29, 0.717) is 6.42 Å². The van der Waals surface area contributed by atoms with Gasteiger partial charge >= 0.3 is 0 Å². The van der Waals surface area contributed by atoms with Crippen molar-refractivity contribution in [3.63, 3.8) is 0 Å². The van der Waals surface area contributed by atoms with E-state index in [0.717, 1.165) is 6.54 Å². The number of carbonyl (C=O) groups excluding carboxylic acids is 1. The Morgan fingerprint density at radius 3 is 2.65 bits per heavy atom. The molecule has 2 aromatic carbocycles. The van der Waals surface area contributed by atoms with E-state index in [1.165, 1.54) is 27.9 Å². The average molecular weight is 346 g/mol. The summed E-state index contributed by atoms with van der Waals surface area (Å²) in [7, 11) is 0. The number of carbonyl (C=O) groups is 1. The maximum absolute atomic E-state index is 12.4. The van der Waals surface area contributed by atoms with Gasteiger partial charge in [0.25, 0.3) is 0 Å². The van der Waals surface area contributed by atoms with Gasteiger partial charge in [0.05, 0.1) is 0 Å². The number of hydrogen-bond donors (Lipinski definition) is 1. The van der Waals surface area contributed by atoms with Crippen LogP contribution in [0.2, 0.25) is 0 Å². The van der Waals surface area contributed by atoms with Gasteiger partial charge < -0.3 is 10.2 Å². The van der Waals surface area contributed by atoms with Crippen LogP contribution in [0.1, 0.15) is 42.5 Å². The molecule has 0 bridgehead atoms. The Bertz CT molecular complexity index is 912.